The first-order chi connectivity index (χ1) is 14.2. The minimum Gasteiger partial charge on any atom is -0.349 e. The zero-order valence-electron chi connectivity index (χ0n) is 16.4. The molecule has 2 aromatic rings. The number of carbonyl (C=O) groups excluding carboxylic acids is 2. The van der Waals surface area contributed by atoms with E-state index in [2.05, 4.69) is 15.3 Å². The number of alkyl halides is 2. The summed E-state index contributed by atoms with van der Waals surface area (Å²) in [6.07, 6.45) is 0.745. The Morgan fingerprint density at radius 2 is 2.07 bits per heavy atom. The van der Waals surface area contributed by atoms with Gasteiger partial charge in [-0.3, -0.25) is 14.5 Å². The van der Waals surface area contributed by atoms with Crippen molar-refractivity contribution in [2.24, 2.45) is 5.41 Å². The molecule has 2 aliphatic rings. The van der Waals surface area contributed by atoms with Crippen LogP contribution in [0.25, 0.3) is 0 Å². The molecule has 30 heavy (non-hydrogen) atoms. The van der Waals surface area contributed by atoms with E-state index >= 15 is 0 Å². The summed E-state index contributed by atoms with van der Waals surface area (Å²) >= 11 is 0. The number of hydrogen-bond acceptors (Lipinski definition) is 4. The molecule has 0 bridgehead atoms. The Balaban J connectivity index is 1.55. The van der Waals surface area contributed by atoms with E-state index in [-0.39, 0.29) is 24.9 Å². The largest absolute Gasteiger partial charge is 0.349 e. The second-order valence-electron chi connectivity index (χ2n) is 8.07. The van der Waals surface area contributed by atoms with Crippen LogP contribution in [0.5, 0.6) is 0 Å². The standard InChI is InChI=1S/C21H21F3N4O2/c1-13-25-7-5-17(26-13)28-8-6-20(19(28)30)10-16(11-21(23,24)12-20)27-18(29)14-3-2-4-15(22)9-14/h2-5,7,9,16H,6,8,10-12H2,1H3,(H,27,29)/t16-,20-/m1/s1. The SMILES string of the molecule is Cc1nccc(N2CC[C@]3(C[C@@H](NC(=O)c4cccc(F)c4)CC(F)(F)C3)C2=O)n1. The van der Waals surface area contributed by atoms with Crippen LogP contribution in [0.3, 0.4) is 0 Å². The van der Waals surface area contributed by atoms with E-state index in [1.165, 1.54) is 29.3 Å². The van der Waals surface area contributed by atoms with Crippen molar-refractivity contribution in [2.75, 3.05) is 11.4 Å². The van der Waals surface area contributed by atoms with Gasteiger partial charge in [0, 0.05) is 37.2 Å². The van der Waals surface area contributed by atoms with Gasteiger partial charge in [-0.25, -0.2) is 23.1 Å². The summed E-state index contributed by atoms with van der Waals surface area (Å²) in [6, 6.07) is 5.71. The highest BCUT2D eigenvalue weighted by molar-refractivity contribution is 5.99. The lowest BCUT2D eigenvalue weighted by molar-refractivity contribution is -0.140. The number of hydrogen-bond donors (Lipinski definition) is 1. The number of aromatic nitrogens is 2. The van der Waals surface area contributed by atoms with Gasteiger partial charge in [0.2, 0.25) is 5.91 Å². The maximum atomic E-state index is 14.6. The molecule has 9 heteroatoms. The molecule has 1 saturated carbocycles. The molecular formula is C21H21F3N4O2. The number of rotatable bonds is 3. The number of halogens is 3. The molecule has 2 heterocycles. The van der Waals surface area contributed by atoms with Gasteiger partial charge in [0.05, 0.1) is 5.41 Å². The van der Waals surface area contributed by atoms with E-state index in [1.54, 1.807) is 13.0 Å². The quantitative estimate of drug-likeness (QED) is 0.830. The van der Waals surface area contributed by atoms with Crippen LogP contribution < -0.4 is 10.2 Å². The first-order valence-electron chi connectivity index (χ1n) is 9.73. The monoisotopic (exact) mass is 418 g/mol. The van der Waals surface area contributed by atoms with E-state index in [0.29, 0.717) is 11.6 Å². The summed E-state index contributed by atoms with van der Waals surface area (Å²) in [5.41, 5.74) is -1.23. The molecule has 0 radical (unpaired) electrons. The fourth-order valence-electron chi connectivity index (χ4n) is 4.53. The number of anilines is 1. The maximum absolute atomic E-state index is 14.6. The van der Waals surface area contributed by atoms with Crippen molar-refractivity contribution in [2.45, 2.75) is 44.6 Å². The third-order valence-electron chi connectivity index (χ3n) is 5.75. The number of aryl methyl sites for hydroxylation is 1. The van der Waals surface area contributed by atoms with Gasteiger partial charge in [0.25, 0.3) is 11.8 Å². The van der Waals surface area contributed by atoms with Crippen molar-refractivity contribution in [1.82, 2.24) is 15.3 Å². The van der Waals surface area contributed by atoms with Crippen LogP contribution in [0.2, 0.25) is 0 Å². The van der Waals surface area contributed by atoms with Gasteiger partial charge in [-0.1, -0.05) is 6.07 Å². The molecule has 1 saturated heterocycles. The normalized spacial score (nSPS) is 25.5. The zero-order chi connectivity index (χ0) is 21.5. The molecule has 4 rings (SSSR count). The van der Waals surface area contributed by atoms with Gasteiger partial charge >= 0.3 is 0 Å². The number of benzene rings is 1. The minimum absolute atomic E-state index is 0.0498. The Labute approximate surface area is 171 Å². The molecule has 1 N–H and O–H groups in total. The van der Waals surface area contributed by atoms with E-state index in [4.69, 9.17) is 0 Å². The summed E-state index contributed by atoms with van der Waals surface area (Å²) < 4.78 is 42.6. The number of nitrogens with one attached hydrogen (secondary N) is 1. The lowest BCUT2D eigenvalue weighted by atomic mass is 9.69. The minimum atomic E-state index is -3.11. The first kappa shape index (κ1) is 20.3. The number of amides is 2. The number of carbonyl (C=O) groups is 2. The van der Waals surface area contributed by atoms with Crippen LogP contribution in [-0.2, 0) is 4.79 Å². The Kier molecular flexibility index (Phi) is 4.99. The summed E-state index contributed by atoms with van der Waals surface area (Å²) in [5, 5.41) is 2.57. The van der Waals surface area contributed by atoms with Crippen molar-refractivity contribution < 1.29 is 22.8 Å². The predicted octanol–water partition coefficient (Wildman–Crippen LogP) is 3.27. The van der Waals surface area contributed by atoms with Crippen LogP contribution >= 0.6 is 0 Å². The predicted molar refractivity (Wildman–Crippen MR) is 103 cm³/mol. The van der Waals surface area contributed by atoms with Gasteiger partial charge in [0.15, 0.2) is 0 Å². The average Bonchev–Trinajstić information content (AvgIpc) is 2.95. The van der Waals surface area contributed by atoms with E-state index < -0.39 is 47.9 Å². The van der Waals surface area contributed by atoms with Crippen LogP contribution in [-0.4, -0.2) is 40.3 Å². The molecule has 2 fully saturated rings. The molecule has 0 unspecified atom stereocenters. The third-order valence-corrected chi connectivity index (χ3v) is 5.75. The third kappa shape index (κ3) is 3.88. The highest BCUT2D eigenvalue weighted by atomic mass is 19.3. The topological polar surface area (TPSA) is 75.2 Å². The smallest absolute Gasteiger partial charge is 0.251 e. The molecule has 1 aromatic heterocycles. The molecular weight excluding hydrogens is 397 g/mol. The summed E-state index contributed by atoms with van der Waals surface area (Å²) in [7, 11) is 0. The average molecular weight is 418 g/mol. The Hall–Kier alpha value is -2.97. The van der Waals surface area contributed by atoms with Crippen LogP contribution in [0.15, 0.2) is 36.5 Å². The zero-order valence-corrected chi connectivity index (χ0v) is 16.4. The summed E-state index contributed by atoms with van der Waals surface area (Å²) in [4.78, 5) is 35.3. The molecule has 6 nitrogen and oxygen atoms in total. The second-order valence-corrected chi connectivity index (χ2v) is 8.07. The van der Waals surface area contributed by atoms with Gasteiger partial charge < -0.3 is 5.32 Å². The van der Waals surface area contributed by atoms with Crippen LogP contribution in [0.1, 0.15) is 41.9 Å². The summed E-state index contributed by atoms with van der Waals surface area (Å²) in [5.74, 6) is -3.87. The fraction of sp³-hybridized carbons (Fsp3) is 0.429. The lowest BCUT2D eigenvalue weighted by Crippen LogP contribution is -2.52. The maximum Gasteiger partial charge on any atom is 0.251 e. The van der Waals surface area contributed by atoms with Crippen molar-refractivity contribution in [3.05, 3.63) is 53.7 Å². The van der Waals surface area contributed by atoms with Crippen LogP contribution in [0, 0.1) is 18.2 Å². The Morgan fingerprint density at radius 3 is 2.80 bits per heavy atom. The van der Waals surface area contributed by atoms with Crippen molar-refractivity contribution in [1.29, 1.82) is 0 Å². The Bertz CT molecular complexity index is 1000. The Morgan fingerprint density at radius 1 is 1.27 bits per heavy atom. The van der Waals surface area contributed by atoms with Crippen molar-refractivity contribution in [3.63, 3.8) is 0 Å². The van der Waals surface area contributed by atoms with Gasteiger partial charge in [-0.05, 0) is 44.0 Å². The molecule has 2 atom stereocenters. The van der Waals surface area contributed by atoms with E-state index in [0.717, 1.165) is 6.07 Å². The van der Waals surface area contributed by atoms with E-state index in [1.807, 2.05) is 0 Å². The van der Waals surface area contributed by atoms with Gasteiger partial charge in [-0.2, -0.15) is 0 Å². The highest BCUT2D eigenvalue weighted by Gasteiger charge is 2.57. The second kappa shape index (κ2) is 7.37. The highest BCUT2D eigenvalue weighted by Crippen LogP contribution is 2.51. The lowest BCUT2D eigenvalue weighted by Gasteiger charge is -2.40. The molecule has 1 aromatic carbocycles. The molecule has 1 aliphatic carbocycles. The first-order valence-corrected chi connectivity index (χ1v) is 9.73. The molecule has 1 aliphatic heterocycles. The molecule has 158 valence electrons. The molecule has 2 amide bonds. The van der Waals surface area contributed by atoms with Gasteiger partial charge in [0.1, 0.15) is 17.5 Å². The van der Waals surface area contributed by atoms with Gasteiger partial charge in [-0.15, -0.1) is 0 Å². The van der Waals surface area contributed by atoms with Crippen molar-refractivity contribution in [3.8, 4) is 0 Å². The summed E-state index contributed by atoms with van der Waals surface area (Å²) in [6.45, 7) is 1.96. The fourth-order valence-corrected chi connectivity index (χ4v) is 4.53. The van der Waals surface area contributed by atoms with Crippen molar-refractivity contribution >= 4 is 17.6 Å². The molecule has 1 spiro atoms. The van der Waals surface area contributed by atoms with E-state index in [9.17, 15) is 22.8 Å². The number of nitrogens with zero attached hydrogens (tertiary/aromatic N) is 3. The van der Waals surface area contributed by atoms with Crippen LogP contribution in [0.4, 0.5) is 19.0 Å².